The second kappa shape index (κ2) is 9.64. The third kappa shape index (κ3) is 5.11. The fourth-order valence-corrected chi connectivity index (χ4v) is 5.07. The minimum atomic E-state index is -3.86. The number of carbonyl (C=O) groups excluding carboxylic acids is 1. The van der Waals surface area contributed by atoms with Crippen LogP contribution in [0.15, 0.2) is 63.9 Å². The van der Waals surface area contributed by atoms with Crippen molar-refractivity contribution in [1.29, 1.82) is 0 Å². The van der Waals surface area contributed by atoms with E-state index < -0.39 is 21.7 Å². The van der Waals surface area contributed by atoms with E-state index in [0.717, 1.165) is 17.7 Å². The molecule has 3 aromatic rings. The number of rotatable bonds is 6. The largest absolute Gasteiger partial charge is 0.459 e. The zero-order chi connectivity index (χ0) is 23.6. The molecule has 2 aromatic carbocycles. The molecule has 10 heteroatoms. The van der Waals surface area contributed by atoms with Gasteiger partial charge in [-0.2, -0.15) is 4.31 Å². The quantitative estimate of drug-likeness (QED) is 0.519. The normalized spacial score (nSPS) is 14.9. The fraction of sp³-hybridized carbons (Fsp3) is 0.261. The first-order chi connectivity index (χ1) is 15.8. The number of carbonyl (C=O) groups is 1. The lowest BCUT2D eigenvalue weighted by molar-refractivity contribution is 0.0729. The maximum Gasteiger partial charge on any atom is 0.257 e. The van der Waals surface area contributed by atoms with Crippen LogP contribution < -0.4 is 0 Å². The highest BCUT2D eigenvalue weighted by Crippen LogP contribution is 2.25. The molecule has 0 N–H and O–H groups in total. The molecule has 1 amide bonds. The van der Waals surface area contributed by atoms with Gasteiger partial charge in [0.2, 0.25) is 10.0 Å². The van der Waals surface area contributed by atoms with Crippen LogP contribution in [0.4, 0.5) is 4.39 Å². The molecule has 4 rings (SSSR count). The molecule has 0 saturated carbocycles. The number of sulfonamides is 1. The van der Waals surface area contributed by atoms with Crippen molar-refractivity contribution in [3.63, 3.8) is 0 Å². The Morgan fingerprint density at radius 1 is 1.09 bits per heavy atom. The van der Waals surface area contributed by atoms with Crippen LogP contribution in [0.25, 0.3) is 11.3 Å². The Labute approximate surface area is 196 Å². The third-order valence-corrected chi connectivity index (χ3v) is 7.45. The third-order valence-electron chi connectivity index (χ3n) is 5.31. The van der Waals surface area contributed by atoms with Crippen molar-refractivity contribution in [1.82, 2.24) is 9.21 Å². The van der Waals surface area contributed by atoms with Gasteiger partial charge in [-0.15, -0.1) is 0 Å². The molecule has 1 aromatic heterocycles. The first kappa shape index (κ1) is 23.4. The SMILES string of the molecule is CN(Cc1ccc(-c2ccc(Cl)cc2)o1)C(=O)c1cc(S(=O)(=O)N2CCOCC2)ccc1F. The van der Waals surface area contributed by atoms with Crippen molar-refractivity contribution >= 4 is 27.5 Å². The Morgan fingerprint density at radius 3 is 2.48 bits per heavy atom. The molecular formula is C23H22ClFN2O5S. The number of morpholine rings is 1. The molecule has 1 saturated heterocycles. The number of hydrogen-bond donors (Lipinski definition) is 0. The van der Waals surface area contributed by atoms with Crippen molar-refractivity contribution < 1.29 is 26.8 Å². The second-order valence-corrected chi connectivity index (χ2v) is 9.97. The van der Waals surface area contributed by atoms with Crippen LogP contribution >= 0.6 is 11.6 Å². The van der Waals surface area contributed by atoms with E-state index in [1.54, 1.807) is 24.3 Å². The van der Waals surface area contributed by atoms with E-state index >= 15 is 0 Å². The molecule has 7 nitrogen and oxygen atoms in total. The number of nitrogens with zero attached hydrogens (tertiary/aromatic N) is 2. The topological polar surface area (TPSA) is 80.1 Å². The highest BCUT2D eigenvalue weighted by Gasteiger charge is 2.28. The van der Waals surface area contributed by atoms with Crippen molar-refractivity contribution in [2.45, 2.75) is 11.4 Å². The van der Waals surface area contributed by atoms with Crippen LogP contribution in [0.1, 0.15) is 16.1 Å². The summed E-state index contributed by atoms with van der Waals surface area (Å²) in [4.78, 5) is 14.1. The number of amides is 1. The zero-order valence-corrected chi connectivity index (χ0v) is 19.4. The summed E-state index contributed by atoms with van der Waals surface area (Å²) in [5.74, 6) is -0.356. The lowest BCUT2D eigenvalue weighted by atomic mass is 10.2. The van der Waals surface area contributed by atoms with E-state index in [1.807, 2.05) is 12.1 Å². The van der Waals surface area contributed by atoms with Gasteiger partial charge >= 0.3 is 0 Å². The van der Waals surface area contributed by atoms with E-state index in [0.29, 0.717) is 16.5 Å². The van der Waals surface area contributed by atoms with Crippen LogP contribution in [-0.4, -0.2) is 56.9 Å². The van der Waals surface area contributed by atoms with Gasteiger partial charge in [-0.05, 0) is 54.6 Å². The predicted octanol–water partition coefficient (Wildman–Crippen LogP) is 4.03. The number of ether oxygens (including phenoxy) is 1. The lowest BCUT2D eigenvalue weighted by Crippen LogP contribution is -2.40. The summed E-state index contributed by atoms with van der Waals surface area (Å²) < 4.78 is 52.6. The molecule has 0 spiro atoms. The minimum Gasteiger partial charge on any atom is -0.459 e. The van der Waals surface area contributed by atoms with Crippen LogP contribution in [0.2, 0.25) is 5.02 Å². The summed E-state index contributed by atoms with van der Waals surface area (Å²) in [6.07, 6.45) is 0. The standard InChI is InChI=1S/C23H22ClFN2O5S/c1-26(15-18-6-9-22(32-18)16-2-4-17(24)5-3-16)23(28)20-14-19(7-8-21(20)25)33(29,30)27-10-12-31-13-11-27/h2-9,14H,10-13,15H2,1H3. The molecule has 1 fully saturated rings. The first-order valence-electron chi connectivity index (χ1n) is 10.2. The first-order valence-corrected chi connectivity index (χ1v) is 12.0. The Kier molecular flexibility index (Phi) is 6.85. The van der Waals surface area contributed by atoms with Crippen LogP contribution in [0.5, 0.6) is 0 Å². The van der Waals surface area contributed by atoms with Crippen LogP contribution in [0.3, 0.4) is 0 Å². The average Bonchev–Trinajstić information content (AvgIpc) is 3.28. The molecule has 174 valence electrons. The molecule has 33 heavy (non-hydrogen) atoms. The Morgan fingerprint density at radius 2 is 1.79 bits per heavy atom. The number of hydrogen-bond acceptors (Lipinski definition) is 5. The maximum absolute atomic E-state index is 14.5. The lowest BCUT2D eigenvalue weighted by Gasteiger charge is -2.26. The highest BCUT2D eigenvalue weighted by molar-refractivity contribution is 7.89. The van der Waals surface area contributed by atoms with Gasteiger partial charge in [0.15, 0.2) is 0 Å². The number of furan rings is 1. The molecule has 0 unspecified atom stereocenters. The monoisotopic (exact) mass is 492 g/mol. The minimum absolute atomic E-state index is 0.0757. The smallest absolute Gasteiger partial charge is 0.257 e. The predicted molar refractivity (Wildman–Crippen MR) is 121 cm³/mol. The van der Waals surface area contributed by atoms with Gasteiger partial charge in [-0.25, -0.2) is 12.8 Å². The van der Waals surface area contributed by atoms with Crippen molar-refractivity contribution in [3.05, 3.63) is 76.8 Å². The summed E-state index contributed by atoms with van der Waals surface area (Å²) in [5.41, 5.74) is 0.503. The number of halogens is 2. The van der Waals surface area contributed by atoms with E-state index in [2.05, 4.69) is 0 Å². The Hall–Kier alpha value is -2.72. The summed E-state index contributed by atoms with van der Waals surface area (Å²) >= 11 is 5.91. The van der Waals surface area contributed by atoms with E-state index in [1.165, 1.54) is 22.3 Å². The summed E-state index contributed by atoms with van der Waals surface area (Å²) in [7, 11) is -2.37. The summed E-state index contributed by atoms with van der Waals surface area (Å²) in [6, 6.07) is 13.9. The van der Waals surface area contributed by atoms with Gasteiger partial charge in [-0.1, -0.05) is 11.6 Å². The maximum atomic E-state index is 14.5. The average molecular weight is 493 g/mol. The molecule has 1 aliphatic heterocycles. The van der Waals surface area contributed by atoms with Crippen LogP contribution in [0, 0.1) is 5.82 Å². The van der Waals surface area contributed by atoms with Gasteiger partial charge in [0, 0.05) is 30.7 Å². The summed E-state index contributed by atoms with van der Waals surface area (Å²) in [5, 5.41) is 0.607. The van der Waals surface area contributed by atoms with Crippen LogP contribution in [-0.2, 0) is 21.3 Å². The molecule has 0 atom stereocenters. The molecule has 0 aliphatic carbocycles. The molecule has 2 heterocycles. The van der Waals surface area contributed by atoms with E-state index in [4.69, 9.17) is 20.8 Å². The molecular weight excluding hydrogens is 471 g/mol. The van der Waals surface area contributed by atoms with E-state index in [9.17, 15) is 17.6 Å². The molecule has 0 radical (unpaired) electrons. The Bertz CT molecular complexity index is 1250. The van der Waals surface area contributed by atoms with Gasteiger partial charge in [0.25, 0.3) is 5.91 Å². The van der Waals surface area contributed by atoms with Crippen molar-refractivity contribution in [2.75, 3.05) is 33.4 Å². The molecule has 1 aliphatic rings. The van der Waals surface area contributed by atoms with E-state index in [-0.39, 0.29) is 43.3 Å². The molecule has 0 bridgehead atoms. The zero-order valence-electron chi connectivity index (χ0n) is 17.8. The highest BCUT2D eigenvalue weighted by atomic mass is 35.5. The van der Waals surface area contributed by atoms with Gasteiger partial charge in [0.1, 0.15) is 17.3 Å². The van der Waals surface area contributed by atoms with Crippen molar-refractivity contribution in [2.24, 2.45) is 0 Å². The van der Waals surface area contributed by atoms with Crippen molar-refractivity contribution in [3.8, 4) is 11.3 Å². The van der Waals surface area contributed by atoms with Gasteiger partial charge in [0.05, 0.1) is 30.2 Å². The van der Waals surface area contributed by atoms with Gasteiger partial charge in [-0.3, -0.25) is 4.79 Å². The fourth-order valence-electron chi connectivity index (χ4n) is 3.51. The second-order valence-electron chi connectivity index (χ2n) is 7.59. The Balaban J connectivity index is 1.52. The summed E-state index contributed by atoms with van der Waals surface area (Å²) in [6.45, 7) is 1.06. The number of benzene rings is 2. The van der Waals surface area contributed by atoms with Gasteiger partial charge < -0.3 is 14.1 Å².